The van der Waals surface area contributed by atoms with Gasteiger partial charge >= 0.3 is 6.03 Å². The number of ether oxygens (including phenoxy) is 2. The maximum Gasteiger partial charge on any atom is 0.319 e. The number of carbonyl (C=O) groups excluding carboxylic acids is 1. The number of aromatic nitrogens is 1. The molecule has 2 heterocycles. The van der Waals surface area contributed by atoms with Gasteiger partial charge in [0.15, 0.2) is 0 Å². The van der Waals surface area contributed by atoms with E-state index in [1.807, 2.05) is 78.9 Å². The van der Waals surface area contributed by atoms with Crippen LogP contribution in [-0.4, -0.2) is 42.2 Å². The third-order valence-corrected chi connectivity index (χ3v) is 7.92. The molecule has 1 aliphatic rings. The fourth-order valence-corrected chi connectivity index (χ4v) is 5.59. The van der Waals surface area contributed by atoms with Crippen molar-refractivity contribution in [2.75, 3.05) is 31.6 Å². The van der Waals surface area contributed by atoms with E-state index >= 15 is 0 Å². The van der Waals surface area contributed by atoms with Crippen molar-refractivity contribution >= 4 is 22.5 Å². The van der Waals surface area contributed by atoms with Gasteiger partial charge in [-0.3, -0.25) is 9.88 Å². The molecule has 4 aromatic carbocycles. The number of amides is 2. The second-order valence-corrected chi connectivity index (χ2v) is 11.0. The molecule has 6 rings (SSSR count). The van der Waals surface area contributed by atoms with Crippen LogP contribution < -0.4 is 20.1 Å². The van der Waals surface area contributed by atoms with Crippen LogP contribution >= 0.6 is 0 Å². The number of fused-ring (bicyclic) bond motifs is 1. The van der Waals surface area contributed by atoms with E-state index in [2.05, 4.69) is 44.8 Å². The van der Waals surface area contributed by atoms with Gasteiger partial charge < -0.3 is 20.1 Å². The van der Waals surface area contributed by atoms with Crippen LogP contribution in [0.5, 0.6) is 11.5 Å². The van der Waals surface area contributed by atoms with Crippen molar-refractivity contribution in [1.29, 1.82) is 0 Å². The van der Waals surface area contributed by atoms with E-state index in [0.29, 0.717) is 25.4 Å². The predicted molar refractivity (Wildman–Crippen MR) is 176 cm³/mol. The second-order valence-electron chi connectivity index (χ2n) is 11.0. The average Bonchev–Trinajstić information content (AvgIpc) is 3.09. The van der Waals surface area contributed by atoms with Crippen LogP contribution in [0.2, 0.25) is 0 Å². The molecule has 1 saturated heterocycles. The number of nitrogens with one attached hydrogen (secondary N) is 2. The lowest BCUT2D eigenvalue weighted by molar-refractivity contribution is 0.183. The van der Waals surface area contributed by atoms with Gasteiger partial charge in [0.05, 0.1) is 17.9 Å². The number of carbonyl (C=O) groups is 1. The van der Waals surface area contributed by atoms with Gasteiger partial charge in [-0.05, 0) is 67.4 Å². The molecule has 44 heavy (non-hydrogen) atoms. The first kappa shape index (κ1) is 29.2. The largest absolute Gasteiger partial charge is 0.492 e. The molecule has 0 unspecified atom stereocenters. The Hall–Kier alpha value is -4.88. The molecule has 0 radical (unpaired) electrons. The van der Waals surface area contributed by atoms with Crippen LogP contribution in [0.4, 0.5) is 10.5 Å². The Kier molecular flexibility index (Phi) is 9.65. The monoisotopic (exact) mass is 586 g/mol. The van der Waals surface area contributed by atoms with Gasteiger partial charge in [-0.25, -0.2) is 4.79 Å². The summed E-state index contributed by atoms with van der Waals surface area (Å²) >= 11 is 0. The number of anilines is 1. The lowest BCUT2D eigenvalue weighted by Crippen LogP contribution is -2.33. The van der Waals surface area contributed by atoms with Crippen molar-refractivity contribution < 1.29 is 14.3 Å². The number of hydrogen-bond acceptors (Lipinski definition) is 5. The third-order valence-electron chi connectivity index (χ3n) is 7.92. The Morgan fingerprint density at radius 2 is 1.55 bits per heavy atom. The summed E-state index contributed by atoms with van der Waals surface area (Å²) in [6, 6.07) is 33.6. The molecule has 0 saturated carbocycles. The van der Waals surface area contributed by atoms with E-state index in [1.165, 1.54) is 32.4 Å². The molecule has 0 aliphatic carbocycles. The first-order valence-corrected chi connectivity index (χ1v) is 15.4. The maximum absolute atomic E-state index is 13.0. The fourth-order valence-electron chi connectivity index (χ4n) is 5.59. The van der Waals surface area contributed by atoms with Gasteiger partial charge in [-0.15, -0.1) is 0 Å². The van der Waals surface area contributed by atoms with Gasteiger partial charge in [-0.2, -0.15) is 0 Å². The number of likely N-dealkylation sites (tertiary alicyclic amines) is 1. The van der Waals surface area contributed by atoms with Crippen molar-refractivity contribution in [3.63, 3.8) is 0 Å². The van der Waals surface area contributed by atoms with Crippen molar-refractivity contribution in [2.45, 2.75) is 32.4 Å². The third kappa shape index (κ3) is 7.54. The molecular formula is C37H38N4O3. The van der Waals surface area contributed by atoms with Gasteiger partial charge in [0.2, 0.25) is 0 Å². The summed E-state index contributed by atoms with van der Waals surface area (Å²) in [6.45, 7) is 4.75. The Morgan fingerprint density at radius 3 is 2.32 bits per heavy atom. The van der Waals surface area contributed by atoms with E-state index in [-0.39, 0.29) is 6.03 Å². The maximum atomic E-state index is 13.0. The second kappa shape index (κ2) is 14.5. The lowest BCUT2D eigenvalue weighted by atomic mass is 9.98. The van der Waals surface area contributed by atoms with Gasteiger partial charge in [-0.1, -0.05) is 79.2 Å². The SMILES string of the molecule is O=C(NCc1ccccn1)Nc1cc(-c2ccccc2)c(OCc2ccc(OCCN3CCCCC3)cc2)c2ccccc12. The quantitative estimate of drug-likeness (QED) is 0.166. The van der Waals surface area contributed by atoms with Crippen LogP contribution in [0.15, 0.2) is 109 Å². The average molecular weight is 587 g/mol. The van der Waals surface area contributed by atoms with Gasteiger partial charge in [0, 0.05) is 29.1 Å². The van der Waals surface area contributed by atoms with Crippen LogP contribution in [-0.2, 0) is 13.2 Å². The summed E-state index contributed by atoms with van der Waals surface area (Å²) in [5, 5.41) is 7.79. The molecule has 7 nitrogen and oxygen atoms in total. The van der Waals surface area contributed by atoms with E-state index in [4.69, 9.17) is 9.47 Å². The molecule has 224 valence electrons. The molecule has 1 aromatic heterocycles. The molecule has 1 aliphatic heterocycles. The minimum Gasteiger partial charge on any atom is -0.492 e. The lowest BCUT2D eigenvalue weighted by Gasteiger charge is -2.26. The summed E-state index contributed by atoms with van der Waals surface area (Å²) in [5.41, 5.74) is 4.45. The summed E-state index contributed by atoms with van der Waals surface area (Å²) < 4.78 is 12.6. The molecule has 1 fully saturated rings. The molecule has 0 atom stereocenters. The Morgan fingerprint density at radius 1 is 0.795 bits per heavy atom. The predicted octanol–water partition coefficient (Wildman–Crippen LogP) is 7.67. The van der Waals surface area contributed by atoms with Crippen LogP contribution in [0.1, 0.15) is 30.5 Å². The molecule has 2 N–H and O–H groups in total. The summed E-state index contributed by atoms with van der Waals surface area (Å²) in [4.78, 5) is 19.7. The topological polar surface area (TPSA) is 75.7 Å². The van der Waals surface area contributed by atoms with Gasteiger partial charge in [0.25, 0.3) is 0 Å². The van der Waals surface area contributed by atoms with E-state index in [9.17, 15) is 4.79 Å². The normalized spacial score (nSPS) is 13.4. The zero-order valence-corrected chi connectivity index (χ0v) is 24.9. The van der Waals surface area contributed by atoms with Crippen LogP contribution in [0.3, 0.4) is 0 Å². The molecule has 2 amide bonds. The molecular weight excluding hydrogens is 548 g/mol. The van der Waals surface area contributed by atoms with E-state index in [1.54, 1.807) is 6.20 Å². The fraction of sp³-hybridized carbons (Fsp3) is 0.243. The van der Waals surface area contributed by atoms with Crippen molar-refractivity contribution in [1.82, 2.24) is 15.2 Å². The van der Waals surface area contributed by atoms with E-state index in [0.717, 1.165) is 51.2 Å². The Bertz CT molecular complexity index is 1650. The molecule has 0 spiro atoms. The standard InChI is InChI=1S/C37H38N4O3/c42-37(39-26-30-13-7-8-20-38-30)40-35-25-34(29-11-3-1-4-12-29)36(33-15-6-5-14-32(33)35)44-27-28-16-18-31(19-17-28)43-24-23-41-21-9-2-10-22-41/h1,3-8,11-20,25H,2,9-10,21-24,26-27H2,(H2,39,40,42). The highest BCUT2D eigenvalue weighted by molar-refractivity contribution is 6.07. The number of piperidine rings is 1. The Balaban J connectivity index is 1.19. The highest BCUT2D eigenvalue weighted by atomic mass is 16.5. The van der Waals surface area contributed by atoms with Crippen molar-refractivity contribution in [3.8, 4) is 22.6 Å². The number of rotatable bonds is 11. The first-order valence-electron chi connectivity index (χ1n) is 15.4. The number of urea groups is 1. The van der Waals surface area contributed by atoms with E-state index < -0.39 is 0 Å². The van der Waals surface area contributed by atoms with Crippen molar-refractivity contribution in [3.05, 3.63) is 121 Å². The molecule has 5 aromatic rings. The van der Waals surface area contributed by atoms with Crippen LogP contribution in [0.25, 0.3) is 21.9 Å². The minimum atomic E-state index is -0.299. The Labute approximate surface area is 258 Å². The summed E-state index contributed by atoms with van der Waals surface area (Å²) in [7, 11) is 0. The zero-order valence-electron chi connectivity index (χ0n) is 24.9. The summed E-state index contributed by atoms with van der Waals surface area (Å²) in [6.07, 6.45) is 5.64. The highest BCUT2D eigenvalue weighted by Gasteiger charge is 2.17. The minimum absolute atomic E-state index is 0.299. The molecule has 7 heteroatoms. The smallest absolute Gasteiger partial charge is 0.319 e. The molecule has 0 bridgehead atoms. The number of nitrogens with zero attached hydrogens (tertiary/aromatic N) is 2. The van der Waals surface area contributed by atoms with Crippen molar-refractivity contribution in [2.24, 2.45) is 0 Å². The summed E-state index contributed by atoms with van der Waals surface area (Å²) in [5.74, 6) is 1.64. The highest BCUT2D eigenvalue weighted by Crippen LogP contribution is 2.41. The number of hydrogen-bond donors (Lipinski definition) is 2. The van der Waals surface area contributed by atoms with Crippen LogP contribution in [0, 0.1) is 0 Å². The number of pyridine rings is 1. The zero-order chi connectivity index (χ0) is 30.0. The first-order chi connectivity index (χ1) is 21.7. The van der Waals surface area contributed by atoms with Gasteiger partial charge in [0.1, 0.15) is 24.7 Å². The number of benzene rings is 4.